The first-order chi connectivity index (χ1) is 14.0. The fourth-order valence-electron chi connectivity index (χ4n) is 3.48. The average Bonchev–Trinajstić information content (AvgIpc) is 3.29. The number of amides is 1. The summed E-state index contributed by atoms with van der Waals surface area (Å²) in [6, 6.07) is 14.8. The van der Waals surface area contributed by atoms with E-state index in [1.807, 2.05) is 16.3 Å². The predicted molar refractivity (Wildman–Crippen MR) is 114 cm³/mol. The number of benzene rings is 2. The van der Waals surface area contributed by atoms with Crippen LogP contribution in [0.2, 0.25) is 0 Å². The minimum atomic E-state index is -3.70. The topological polar surface area (TPSA) is 79.4 Å². The fraction of sp³-hybridized carbons (Fsp3) is 0.238. The van der Waals surface area contributed by atoms with Gasteiger partial charge in [0, 0.05) is 41.8 Å². The Hall–Kier alpha value is -2.71. The highest BCUT2D eigenvalue weighted by atomic mass is 32.2. The third-order valence-corrected chi connectivity index (χ3v) is 7.28. The summed E-state index contributed by atoms with van der Waals surface area (Å²) in [6.45, 7) is 1.35. The summed E-state index contributed by atoms with van der Waals surface area (Å²) in [5, 5.41) is 3.02. The summed E-state index contributed by atoms with van der Waals surface area (Å²) in [4.78, 5) is 19.3. The molecule has 150 valence electrons. The van der Waals surface area contributed by atoms with Crippen LogP contribution in [0.1, 0.15) is 34.1 Å². The summed E-state index contributed by atoms with van der Waals surface area (Å²) < 4.78 is 27.6. The Labute approximate surface area is 174 Å². The van der Waals surface area contributed by atoms with Crippen LogP contribution in [0.15, 0.2) is 71.1 Å². The van der Waals surface area contributed by atoms with Gasteiger partial charge in [0.1, 0.15) is 0 Å². The zero-order chi connectivity index (χ0) is 20.3. The van der Waals surface area contributed by atoms with Crippen LogP contribution in [0, 0.1) is 0 Å². The van der Waals surface area contributed by atoms with Gasteiger partial charge < -0.3 is 4.90 Å². The van der Waals surface area contributed by atoms with E-state index in [0.717, 1.165) is 17.8 Å². The molecule has 1 atom stereocenters. The number of hydrogen-bond donors (Lipinski definition) is 1. The lowest BCUT2D eigenvalue weighted by molar-refractivity contribution is 0.0707. The van der Waals surface area contributed by atoms with Gasteiger partial charge in [-0.3, -0.25) is 9.52 Å². The van der Waals surface area contributed by atoms with Gasteiger partial charge in [-0.15, -0.1) is 11.3 Å². The van der Waals surface area contributed by atoms with Crippen LogP contribution in [0.25, 0.3) is 0 Å². The fourth-order valence-corrected chi connectivity index (χ4v) is 5.31. The van der Waals surface area contributed by atoms with Crippen LogP contribution in [0.3, 0.4) is 0 Å². The zero-order valence-electron chi connectivity index (χ0n) is 15.7. The second-order valence-electron chi connectivity index (χ2n) is 6.96. The molecule has 1 amide bonds. The van der Waals surface area contributed by atoms with E-state index in [4.69, 9.17) is 0 Å². The third kappa shape index (κ3) is 4.49. The first-order valence-corrected chi connectivity index (χ1v) is 11.8. The Kier molecular flexibility index (Phi) is 5.64. The summed E-state index contributed by atoms with van der Waals surface area (Å²) >= 11 is 1.62. The number of hydrogen-bond acceptors (Lipinski definition) is 5. The van der Waals surface area contributed by atoms with Crippen molar-refractivity contribution in [3.63, 3.8) is 0 Å². The Balaban J connectivity index is 1.46. The largest absolute Gasteiger partial charge is 0.338 e. The van der Waals surface area contributed by atoms with E-state index < -0.39 is 10.0 Å². The van der Waals surface area contributed by atoms with Crippen molar-refractivity contribution in [2.75, 3.05) is 17.8 Å². The molecule has 2 aromatic carbocycles. The lowest BCUT2D eigenvalue weighted by atomic mass is 9.98. The number of carbonyl (C=O) groups is 1. The molecule has 2 heterocycles. The molecular formula is C21H21N3O3S2. The molecule has 0 radical (unpaired) electrons. The quantitative estimate of drug-likeness (QED) is 0.668. The maximum Gasteiger partial charge on any atom is 0.261 e. The SMILES string of the molecule is O=C(c1ccc(S(=O)(=O)Nc2ccccc2)cc1)N1CCCC(c2nccs2)C1. The zero-order valence-corrected chi connectivity index (χ0v) is 17.3. The maximum atomic E-state index is 12.9. The van der Waals surface area contributed by atoms with Gasteiger partial charge >= 0.3 is 0 Å². The molecule has 1 aliphatic heterocycles. The number of aromatic nitrogens is 1. The van der Waals surface area contributed by atoms with E-state index in [0.29, 0.717) is 24.3 Å². The van der Waals surface area contributed by atoms with Gasteiger partial charge in [-0.25, -0.2) is 13.4 Å². The molecule has 1 N–H and O–H groups in total. The summed E-state index contributed by atoms with van der Waals surface area (Å²) in [7, 11) is -3.70. The molecule has 1 unspecified atom stereocenters. The van der Waals surface area contributed by atoms with Crippen LogP contribution in [0.5, 0.6) is 0 Å². The van der Waals surface area contributed by atoms with Crippen molar-refractivity contribution in [1.82, 2.24) is 9.88 Å². The first kappa shape index (κ1) is 19.6. The average molecular weight is 428 g/mol. The second-order valence-corrected chi connectivity index (χ2v) is 9.57. The van der Waals surface area contributed by atoms with Gasteiger partial charge in [-0.1, -0.05) is 18.2 Å². The molecule has 3 aromatic rings. The summed E-state index contributed by atoms with van der Waals surface area (Å²) in [5.74, 6) is 0.189. The molecule has 6 nitrogen and oxygen atoms in total. The Morgan fingerprint density at radius 2 is 1.86 bits per heavy atom. The molecule has 4 rings (SSSR count). The second kappa shape index (κ2) is 8.34. The number of thiazole rings is 1. The van der Waals surface area contributed by atoms with E-state index in [1.54, 1.807) is 53.9 Å². The molecule has 29 heavy (non-hydrogen) atoms. The van der Waals surface area contributed by atoms with Crippen LogP contribution < -0.4 is 4.72 Å². The number of para-hydroxylation sites is 1. The summed E-state index contributed by atoms with van der Waals surface area (Å²) in [5.41, 5.74) is 0.984. The molecule has 0 bridgehead atoms. The van der Waals surface area contributed by atoms with Gasteiger partial charge in [0.2, 0.25) is 0 Å². The van der Waals surface area contributed by atoms with Gasteiger partial charge in [0.05, 0.1) is 9.90 Å². The number of nitrogens with one attached hydrogen (secondary N) is 1. The molecule has 1 aliphatic rings. The van der Waals surface area contributed by atoms with Crippen LogP contribution in [-0.2, 0) is 10.0 Å². The highest BCUT2D eigenvalue weighted by Crippen LogP contribution is 2.29. The van der Waals surface area contributed by atoms with Gasteiger partial charge in [0.15, 0.2) is 0 Å². The number of carbonyl (C=O) groups excluding carboxylic acids is 1. The lowest BCUT2D eigenvalue weighted by Gasteiger charge is -2.32. The van der Waals surface area contributed by atoms with Crippen molar-refractivity contribution < 1.29 is 13.2 Å². The Morgan fingerprint density at radius 3 is 2.55 bits per heavy atom. The van der Waals surface area contributed by atoms with Crippen molar-refractivity contribution in [3.8, 4) is 0 Å². The first-order valence-electron chi connectivity index (χ1n) is 9.39. The van der Waals surface area contributed by atoms with Gasteiger partial charge in [-0.2, -0.15) is 0 Å². The highest BCUT2D eigenvalue weighted by molar-refractivity contribution is 7.92. The summed E-state index contributed by atoms with van der Waals surface area (Å²) in [6.07, 6.45) is 3.76. The van der Waals surface area contributed by atoms with Crippen molar-refractivity contribution in [2.24, 2.45) is 0 Å². The van der Waals surface area contributed by atoms with Crippen molar-refractivity contribution in [2.45, 2.75) is 23.7 Å². The smallest absolute Gasteiger partial charge is 0.261 e. The number of anilines is 1. The Bertz CT molecular complexity index is 1070. The van der Waals surface area contributed by atoms with Crippen LogP contribution in [0.4, 0.5) is 5.69 Å². The number of rotatable bonds is 5. The van der Waals surface area contributed by atoms with E-state index in [2.05, 4.69) is 9.71 Å². The Morgan fingerprint density at radius 1 is 1.10 bits per heavy atom. The molecule has 1 fully saturated rings. The number of piperidine rings is 1. The van der Waals surface area contributed by atoms with Gasteiger partial charge in [0.25, 0.3) is 15.9 Å². The number of nitrogens with zero attached hydrogens (tertiary/aromatic N) is 2. The van der Waals surface area contributed by atoms with Crippen LogP contribution in [-0.4, -0.2) is 37.3 Å². The van der Waals surface area contributed by atoms with Gasteiger partial charge in [-0.05, 0) is 49.2 Å². The lowest BCUT2D eigenvalue weighted by Crippen LogP contribution is -2.39. The molecule has 8 heteroatoms. The molecule has 1 saturated heterocycles. The highest BCUT2D eigenvalue weighted by Gasteiger charge is 2.27. The van der Waals surface area contributed by atoms with Crippen molar-refractivity contribution in [3.05, 3.63) is 76.7 Å². The normalized spacial score (nSPS) is 17.1. The molecule has 1 aromatic heterocycles. The van der Waals surface area contributed by atoms with Crippen molar-refractivity contribution >= 4 is 33.0 Å². The minimum Gasteiger partial charge on any atom is -0.338 e. The molecule has 0 spiro atoms. The van der Waals surface area contributed by atoms with E-state index >= 15 is 0 Å². The maximum absolute atomic E-state index is 12.9. The molecular weight excluding hydrogens is 406 g/mol. The van der Waals surface area contributed by atoms with E-state index in [-0.39, 0.29) is 16.7 Å². The monoisotopic (exact) mass is 427 g/mol. The predicted octanol–water partition coefficient (Wildman–Crippen LogP) is 3.96. The molecule has 0 aliphatic carbocycles. The van der Waals surface area contributed by atoms with Crippen LogP contribution >= 0.6 is 11.3 Å². The number of likely N-dealkylation sites (tertiary alicyclic amines) is 1. The van der Waals surface area contributed by atoms with Crippen molar-refractivity contribution in [1.29, 1.82) is 0 Å². The van der Waals surface area contributed by atoms with E-state index in [1.165, 1.54) is 12.1 Å². The number of sulfonamides is 1. The third-order valence-electron chi connectivity index (χ3n) is 4.95. The van der Waals surface area contributed by atoms with E-state index in [9.17, 15) is 13.2 Å². The molecule has 0 saturated carbocycles. The minimum absolute atomic E-state index is 0.0776. The standard InChI is InChI=1S/C21H21N3O3S2/c25-21(24-13-4-5-17(15-24)20-22-12-14-28-20)16-8-10-19(11-9-16)29(26,27)23-18-6-2-1-3-7-18/h1-3,6-12,14,17,23H,4-5,13,15H2.